The fourth-order valence-corrected chi connectivity index (χ4v) is 3.77. The Labute approximate surface area is 155 Å². The molecule has 1 aromatic carbocycles. The van der Waals surface area contributed by atoms with Gasteiger partial charge in [0.2, 0.25) is 5.89 Å². The zero-order valence-corrected chi connectivity index (χ0v) is 14.9. The molecule has 0 spiro atoms. The lowest BCUT2D eigenvalue weighted by atomic mass is 10.1. The average molecular weight is 380 g/mol. The summed E-state index contributed by atoms with van der Waals surface area (Å²) in [6, 6.07) is 4.33. The Bertz CT molecular complexity index is 813. The number of piperazine rings is 1. The molecule has 138 valence electrons. The van der Waals surface area contributed by atoms with Gasteiger partial charge < -0.3 is 14.1 Å². The third kappa shape index (κ3) is 3.54. The van der Waals surface area contributed by atoms with E-state index in [4.69, 9.17) is 20.8 Å². The number of halogens is 2. The summed E-state index contributed by atoms with van der Waals surface area (Å²) in [6.07, 6.45) is 3.69. The van der Waals surface area contributed by atoms with Crippen molar-refractivity contribution < 1.29 is 18.3 Å². The number of carbonyl (C=O) groups is 1. The van der Waals surface area contributed by atoms with Gasteiger partial charge >= 0.3 is 0 Å². The van der Waals surface area contributed by atoms with Crippen LogP contribution in [0, 0.1) is 5.82 Å². The van der Waals surface area contributed by atoms with E-state index >= 15 is 0 Å². The van der Waals surface area contributed by atoms with Crippen LogP contribution in [0.25, 0.3) is 0 Å². The molecule has 8 heteroatoms. The standard InChI is InChI=1S/C18H19ClFN3O3/c19-14-8-12(20)3-4-16(14)25-11-17-21-15(10-26-17)18(24)23-7-6-22-5-1-2-13(22)9-23/h3-4,8,10,13H,1-2,5-7,9,11H2/t13-/m1/s1. The second kappa shape index (κ2) is 7.25. The molecular formula is C18H19ClFN3O3. The third-order valence-electron chi connectivity index (χ3n) is 4.89. The fraction of sp³-hybridized carbons (Fsp3) is 0.444. The zero-order valence-electron chi connectivity index (χ0n) is 14.2. The summed E-state index contributed by atoms with van der Waals surface area (Å²) in [4.78, 5) is 21.2. The monoisotopic (exact) mass is 379 g/mol. The van der Waals surface area contributed by atoms with Gasteiger partial charge in [-0.25, -0.2) is 9.37 Å². The van der Waals surface area contributed by atoms with Crippen molar-refractivity contribution in [2.75, 3.05) is 26.2 Å². The smallest absolute Gasteiger partial charge is 0.275 e. The lowest BCUT2D eigenvalue weighted by molar-refractivity contribution is 0.0565. The number of fused-ring (bicyclic) bond motifs is 1. The number of aromatic nitrogens is 1. The van der Waals surface area contributed by atoms with Gasteiger partial charge in [0.25, 0.3) is 5.91 Å². The number of ether oxygens (including phenoxy) is 1. The van der Waals surface area contributed by atoms with E-state index in [1.54, 1.807) is 0 Å². The van der Waals surface area contributed by atoms with Crippen LogP contribution < -0.4 is 4.74 Å². The highest BCUT2D eigenvalue weighted by atomic mass is 35.5. The number of hydrogen-bond donors (Lipinski definition) is 0. The van der Waals surface area contributed by atoms with Crippen LogP contribution in [-0.4, -0.2) is 52.9 Å². The normalized spacial score (nSPS) is 20.2. The van der Waals surface area contributed by atoms with Crippen LogP contribution in [-0.2, 0) is 6.61 Å². The second-order valence-corrected chi connectivity index (χ2v) is 6.98. The molecule has 2 saturated heterocycles. The van der Waals surface area contributed by atoms with E-state index in [0.717, 1.165) is 26.1 Å². The van der Waals surface area contributed by atoms with E-state index in [-0.39, 0.29) is 29.1 Å². The SMILES string of the molecule is O=C(c1coc(COc2ccc(F)cc2Cl)n1)N1CCN2CCC[C@@H]2C1. The molecular weight excluding hydrogens is 361 g/mol. The summed E-state index contributed by atoms with van der Waals surface area (Å²) in [5.41, 5.74) is 0.278. The Hall–Kier alpha value is -2.12. The molecule has 0 aliphatic carbocycles. The molecule has 1 atom stereocenters. The maximum Gasteiger partial charge on any atom is 0.275 e. The van der Waals surface area contributed by atoms with Crippen LogP contribution in [0.15, 0.2) is 28.9 Å². The first-order valence-electron chi connectivity index (χ1n) is 8.66. The minimum atomic E-state index is -0.436. The maximum absolute atomic E-state index is 13.0. The lowest BCUT2D eigenvalue weighted by Gasteiger charge is -2.37. The fourth-order valence-electron chi connectivity index (χ4n) is 3.54. The highest BCUT2D eigenvalue weighted by molar-refractivity contribution is 6.32. The number of nitrogens with zero attached hydrogens (tertiary/aromatic N) is 3. The van der Waals surface area contributed by atoms with Crippen molar-refractivity contribution in [3.8, 4) is 5.75 Å². The van der Waals surface area contributed by atoms with Crippen molar-refractivity contribution in [3.05, 3.63) is 46.9 Å². The number of hydrogen-bond acceptors (Lipinski definition) is 5. The van der Waals surface area contributed by atoms with Crippen LogP contribution in [0.5, 0.6) is 5.75 Å². The molecule has 6 nitrogen and oxygen atoms in total. The zero-order chi connectivity index (χ0) is 18.1. The van der Waals surface area contributed by atoms with Gasteiger partial charge in [-0.3, -0.25) is 9.69 Å². The Kier molecular flexibility index (Phi) is 4.82. The molecule has 2 aromatic rings. The Morgan fingerprint density at radius 3 is 3.12 bits per heavy atom. The summed E-state index contributed by atoms with van der Waals surface area (Å²) >= 11 is 5.92. The van der Waals surface area contributed by atoms with Crippen molar-refractivity contribution in [2.24, 2.45) is 0 Å². The second-order valence-electron chi connectivity index (χ2n) is 6.57. The molecule has 26 heavy (non-hydrogen) atoms. The molecule has 0 bridgehead atoms. The van der Waals surface area contributed by atoms with Gasteiger partial charge in [0.1, 0.15) is 17.8 Å². The van der Waals surface area contributed by atoms with Gasteiger partial charge in [-0.05, 0) is 37.6 Å². The Balaban J connectivity index is 1.37. The van der Waals surface area contributed by atoms with Gasteiger partial charge in [-0.1, -0.05) is 11.6 Å². The third-order valence-corrected chi connectivity index (χ3v) is 5.19. The molecule has 0 radical (unpaired) electrons. The molecule has 2 aliphatic heterocycles. The highest BCUT2D eigenvalue weighted by Crippen LogP contribution is 2.26. The molecule has 2 aliphatic rings. The quantitative estimate of drug-likeness (QED) is 0.817. The van der Waals surface area contributed by atoms with Crippen LogP contribution in [0.1, 0.15) is 29.2 Å². The van der Waals surface area contributed by atoms with E-state index in [0.29, 0.717) is 18.3 Å². The van der Waals surface area contributed by atoms with Crippen LogP contribution in [0.4, 0.5) is 4.39 Å². The van der Waals surface area contributed by atoms with Crippen LogP contribution in [0.3, 0.4) is 0 Å². The van der Waals surface area contributed by atoms with E-state index < -0.39 is 5.82 Å². The number of benzene rings is 1. The van der Waals surface area contributed by atoms with Crippen molar-refractivity contribution in [1.82, 2.24) is 14.8 Å². The lowest BCUT2D eigenvalue weighted by Crippen LogP contribution is -2.52. The molecule has 0 unspecified atom stereocenters. The van der Waals surface area contributed by atoms with E-state index in [1.807, 2.05) is 4.90 Å². The number of amides is 1. The van der Waals surface area contributed by atoms with Crippen molar-refractivity contribution in [3.63, 3.8) is 0 Å². The van der Waals surface area contributed by atoms with E-state index in [2.05, 4.69) is 9.88 Å². The van der Waals surface area contributed by atoms with Gasteiger partial charge in [0.15, 0.2) is 12.3 Å². The summed E-state index contributed by atoms with van der Waals surface area (Å²) in [6.45, 7) is 3.49. The predicted molar refractivity (Wildman–Crippen MR) is 92.7 cm³/mol. The summed E-state index contributed by atoms with van der Waals surface area (Å²) in [7, 11) is 0. The average Bonchev–Trinajstić information content (AvgIpc) is 3.29. The molecule has 1 amide bonds. The summed E-state index contributed by atoms with van der Waals surface area (Å²) < 4.78 is 23.9. The number of carbonyl (C=O) groups excluding carboxylic acids is 1. The van der Waals surface area contributed by atoms with Crippen molar-refractivity contribution in [2.45, 2.75) is 25.5 Å². The largest absolute Gasteiger partial charge is 0.482 e. The predicted octanol–water partition coefficient (Wildman–Crippen LogP) is 2.97. The topological polar surface area (TPSA) is 58.8 Å². The number of rotatable bonds is 4. The Morgan fingerprint density at radius 2 is 2.27 bits per heavy atom. The van der Waals surface area contributed by atoms with Crippen molar-refractivity contribution >= 4 is 17.5 Å². The summed E-state index contributed by atoms with van der Waals surface area (Å²) in [5.74, 6) is 0.0461. The van der Waals surface area contributed by atoms with Gasteiger partial charge in [-0.15, -0.1) is 0 Å². The highest BCUT2D eigenvalue weighted by Gasteiger charge is 2.33. The van der Waals surface area contributed by atoms with E-state index in [9.17, 15) is 9.18 Å². The van der Waals surface area contributed by atoms with Crippen LogP contribution >= 0.6 is 11.6 Å². The minimum absolute atomic E-state index is 0.00896. The molecule has 3 heterocycles. The molecule has 0 N–H and O–H groups in total. The number of oxazole rings is 1. The molecule has 2 fully saturated rings. The molecule has 4 rings (SSSR count). The van der Waals surface area contributed by atoms with Gasteiger partial charge in [0, 0.05) is 25.7 Å². The van der Waals surface area contributed by atoms with Crippen LogP contribution in [0.2, 0.25) is 5.02 Å². The van der Waals surface area contributed by atoms with E-state index in [1.165, 1.54) is 30.9 Å². The first-order chi connectivity index (χ1) is 12.6. The van der Waals surface area contributed by atoms with Gasteiger partial charge in [0.05, 0.1) is 5.02 Å². The summed E-state index contributed by atoms with van der Waals surface area (Å²) in [5, 5.41) is 0.169. The van der Waals surface area contributed by atoms with Gasteiger partial charge in [-0.2, -0.15) is 0 Å². The Morgan fingerprint density at radius 1 is 1.38 bits per heavy atom. The maximum atomic E-state index is 13.0. The molecule has 0 saturated carbocycles. The molecule has 1 aromatic heterocycles. The minimum Gasteiger partial charge on any atom is -0.482 e. The van der Waals surface area contributed by atoms with Crippen molar-refractivity contribution in [1.29, 1.82) is 0 Å². The first-order valence-corrected chi connectivity index (χ1v) is 9.03. The first kappa shape index (κ1) is 17.3.